The predicted octanol–water partition coefficient (Wildman–Crippen LogP) is 3.60. The monoisotopic (exact) mass is 250 g/mol. The van der Waals surface area contributed by atoms with Crippen molar-refractivity contribution in [2.75, 3.05) is 0 Å². The van der Waals surface area contributed by atoms with Crippen molar-refractivity contribution in [3.63, 3.8) is 0 Å². The standard InChI is InChI=1S/C14H12F2O2/c1-8-6-10(9(2)18-8)14(17)7-11-12(15)4-3-5-13(11)16/h3-6H,7H2,1-2H3. The van der Waals surface area contributed by atoms with Crippen LogP contribution in [-0.4, -0.2) is 5.78 Å². The molecule has 0 aliphatic rings. The predicted molar refractivity (Wildman–Crippen MR) is 62.6 cm³/mol. The van der Waals surface area contributed by atoms with E-state index in [1.807, 2.05) is 0 Å². The summed E-state index contributed by atoms with van der Waals surface area (Å²) in [4.78, 5) is 12.0. The number of halogens is 2. The molecule has 0 N–H and O–H groups in total. The smallest absolute Gasteiger partial charge is 0.170 e. The molecular formula is C14H12F2O2. The van der Waals surface area contributed by atoms with Crippen LogP contribution in [0.3, 0.4) is 0 Å². The molecule has 0 spiro atoms. The quantitative estimate of drug-likeness (QED) is 0.779. The summed E-state index contributed by atoms with van der Waals surface area (Å²) in [6.45, 7) is 3.37. The molecule has 94 valence electrons. The third kappa shape index (κ3) is 2.32. The van der Waals surface area contributed by atoms with E-state index in [1.165, 1.54) is 6.07 Å². The Morgan fingerprint density at radius 3 is 2.33 bits per heavy atom. The molecule has 0 fully saturated rings. The number of ketones is 1. The van der Waals surface area contributed by atoms with E-state index in [9.17, 15) is 13.6 Å². The topological polar surface area (TPSA) is 30.2 Å². The first-order chi connectivity index (χ1) is 8.49. The van der Waals surface area contributed by atoms with Crippen LogP contribution < -0.4 is 0 Å². The van der Waals surface area contributed by atoms with Gasteiger partial charge in [-0.2, -0.15) is 0 Å². The second-order valence-corrected chi connectivity index (χ2v) is 4.13. The van der Waals surface area contributed by atoms with Crippen molar-refractivity contribution < 1.29 is 18.0 Å². The van der Waals surface area contributed by atoms with E-state index in [2.05, 4.69) is 0 Å². The minimum atomic E-state index is -0.707. The molecule has 0 atom stereocenters. The van der Waals surface area contributed by atoms with Crippen molar-refractivity contribution in [2.24, 2.45) is 0 Å². The van der Waals surface area contributed by atoms with Gasteiger partial charge in [0.2, 0.25) is 0 Å². The molecule has 0 radical (unpaired) electrons. The van der Waals surface area contributed by atoms with Gasteiger partial charge in [-0.1, -0.05) is 6.07 Å². The fraction of sp³-hybridized carbons (Fsp3) is 0.214. The van der Waals surface area contributed by atoms with Crippen molar-refractivity contribution in [1.29, 1.82) is 0 Å². The molecule has 0 bridgehead atoms. The third-order valence-corrected chi connectivity index (χ3v) is 2.74. The van der Waals surface area contributed by atoms with Crippen LogP contribution in [0.5, 0.6) is 0 Å². The zero-order valence-corrected chi connectivity index (χ0v) is 10.1. The Kier molecular flexibility index (Phi) is 3.28. The molecule has 1 heterocycles. The molecule has 2 nitrogen and oxygen atoms in total. The number of carbonyl (C=O) groups excluding carboxylic acids is 1. The van der Waals surface area contributed by atoms with Gasteiger partial charge >= 0.3 is 0 Å². The van der Waals surface area contributed by atoms with Crippen LogP contribution in [0.2, 0.25) is 0 Å². The summed E-state index contributed by atoms with van der Waals surface area (Å²) < 4.78 is 32.1. The summed E-state index contributed by atoms with van der Waals surface area (Å²) in [6.07, 6.45) is -0.307. The summed E-state index contributed by atoms with van der Waals surface area (Å²) in [5.41, 5.74) is 0.163. The number of hydrogen-bond acceptors (Lipinski definition) is 2. The van der Waals surface area contributed by atoms with Gasteiger partial charge in [-0.25, -0.2) is 8.78 Å². The van der Waals surface area contributed by atoms with Crippen molar-refractivity contribution in [1.82, 2.24) is 0 Å². The van der Waals surface area contributed by atoms with Gasteiger partial charge in [0.25, 0.3) is 0 Å². The van der Waals surface area contributed by atoms with Crippen LogP contribution in [0.15, 0.2) is 28.7 Å². The Morgan fingerprint density at radius 1 is 1.22 bits per heavy atom. The first-order valence-corrected chi connectivity index (χ1v) is 5.52. The number of aryl methyl sites for hydroxylation is 2. The van der Waals surface area contributed by atoms with E-state index >= 15 is 0 Å². The number of benzene rings is 1. The molecule has 0 saturated heterocycles. The lowest BCUT2D eigenvalue weighted by molar-refractivity contribution is 0.0989. The highest BCUT2D eigenvalue weighted by molar-refractivity contribution is 5.98. The van der Waals surface area contributed by atoms with Gasteiger partial charge in [0, 0.05) is 12.0 Å². The van der Waals surface area contributed by atoms with Gasteiger partial charge in [0.05, 0.1) is 5.56 Å². The zero-order valence-electron chi connectivity index (χ0n) is 10.1. The molecule has 1 aromatic heterocycles. The lowest BCUT2D eigenvalue weighted by atomic mass is 10.0. The average molecular weight is 250 g/mol. The number of rotatable bonds is 3. The molecule has 0 aliphatic carbocycles. The fourth-order valence-corrected chi connectivity index (χ4v) is 1.86. The largest absolute Gasteiger partial charge is 0.466 e. The molecule has 2 aromatic rings. The highest BCUT2D eigenvalue weighted by Gasteiger charge is 2.18. The van der Waals surface area contributed by atoms with Crippen molar-refractivity contribution in [2.45, 2.75) is 20.3 Å². The minimum Gasteiger partial charge on any atom is -0.466 e. The molecule has 0 amide bonds. The molecule has 18 heavy (non-hydrogen) atoms. The maximum Gasteiger partial charge on any atom is 0.170 e. The second kappa shape index (κ2) is 4.72. The Balaban J connectivity index is 2.30. The van der Waals surface area contributed by atoms with Crippen LogP contribution >= 0.6 is 0 Å². The van der Waals surface area contributed by atoms with E-state index in [0.29, 0.717) is 17.1 Å². The fourth-order valence-electron chi connectivity index (χ4n) is 1.86. The van der Waals surface area contributed by atoms with Crippen LogP contribution in [0.1, 0.15) is 27.4 Å². The maximum absolute atomic E-state index is 13.4. The molecular weight excluding hydrogens is 238 g/mol. The normalized spacial score (nSPS) is 10.7. The van der Waals surface area contributed by atoms with Gasteiger partial charge in [0.1, 0.15) is 23.2 Å². The molecule has 0 unspecified atom stereocenters. The van der Waals surface area contributed by atoms with E-state index in [0.717, 1.165) is 12.1 Å². The van der Waals surface area contributed by atoms with Gasteiger partial charge in [-0.15, -0.1) is 0 Å². The minimum absolute atomic E-state index is 0.208. The summed E-state index contributed by atoms with van der Waals surface area (Å²) in [7, 11) is 0. The molecule has 4 heteroatoms. The molecule has 0 saturated carbocycles. The highest BCUT2D eigenvalue weighted by Crippen LogP contribution is 2.19. The average Bonchev–Trinajstić information content (AvgIpc) is 2.63. The van der Waals surface area contributed by atoms with Gasteiger partial charge in [-0.3, -0.25) is 4.79 Å². The SMILES string of the molecule is Cc1cc(C(=O)Cc2c(F)cccc2F)c(C)o1. The second-order valence-electron chi connectivity index (χ2n) is 4.13. The Bertz CT molecular complexity index is 580. The summed E-state index contributed by atoms with van der Waals surface area (Å²) >= 11 is 0. The summed E-state index contributed by atoms with van der Waals surface area (Å²) in [6, 6.07) is 5.13. The lowest BCUT2D eigenvalue weighted by Gasteiger charge is -2.03. The Labute approximate surface area is 103 Å². The molecule has 1 aromatic carbocycles. The van der Waals surface area contributed by atoms with Crippen LogP contribution in [0.4, 0.5) is 8.78 Å². The summed E-state index contributed by atoms with van der Waals surface area (Å²) in [5, 5.41) is 0. The maximum atomic E-state index is 13.4. The first-order valence-electron chi connectivity index (χ1n) is 5.52. The highest BCUT2D eigenvalue weighted by atomic mass is 19.1. The van der Waals surface area contributed by atoms with E-state index < -0.39 is 11.6 Å². The lowest BCUT2D eigenvalue weighted by Crippen LogP contribution is -2.07. The van der Waals surface area contributed by atoms with E-state index in [-0.39, 0.29) is 17.8 Å². The summed E-state index contributed by atoms with van der Waals surface area (Å²) in [5.74, 6) is -0.699. The van der Waals surface area contributed by atoms with E-state index in [4.69, 9.17) is 4.42 Å². The van der Waals surface area contributed by atoms with Crippen molar-refractivity contribution in [3.8, 4) is 0 Å². The zero-order chi connectivity index (χ0) is 13.3. The van der Waals surface area contributed by atoms with Gasteiger partial charge in [0.15, 0.2) is 5.78 Å². The van der Waals surface area contributed by atoms with Crippen molar-refractivity contribution in [3.05, 3.63) is 58.5 Å². The number of Topliss-reactive ketones (excluding diaryl/α,β-unsaturated/α-hetero) is 1. The van der Waals surface area contributed by atoms with Crippen LogP contribution in [0, 0.1) is 25.5 Å². The Hall–Kier alpha value is -1.97. The first kappa shape index (κ1) is 12.5. The van der Waals surface area contributed by atoms with Gasteiger partial charge < -0.3 is 4.42 Å². The number of furan rings is 1. The van der Waals surface area contributed by atoms with E-state index in [1.54, 1.807) is 19.9 Å². The van der Waals surface area contributed by atoms with Crippen molar-refractivity contribution >= 4 is 5.78 Å². The van der Waals surface area contributed by atoms with Crippen LogP contribution in [0.25, 0.3) is 0 Å². The number of hydrogen-bond donors (Lipinski definition) is 0. The number of carbonyl (C=O) groups is 1. The van der Waals surface area contributed by atoms with Gasteiger partial charge in [-0.05, 0) is 32.0 Å². The van der Waals surface area contributed by atoms with Crippen LogP contribution in [-0.2, 0) is 6.42 Å². The Morgan fingerprint density at radius 2 is 1.83 bits per heavy atom. The molecule has 0 aliphatic heterocycles. The third-order valence-electron chi connectivity index (χ3n) is 2.74. The molecule has 2 rings (SSSR count).